The molecule has 2 rings (SSSR count). The summed E-state index contributed by atoms with van der Waals surface area (Å²) in [5, 5.41) is 3.44. The zero-order valence-electron chi connectivity index (χ0n) is 10.5. The van der Waals surface area contributed by atoms with Crippen molar-refractivity contribution in [1.82, 2.24) is 5.32 Å². The summed E-state index contributed by atoms with van der Waals surface area (Å²) in [6.45, 7) is 0.0426. The highest BCUT2D eigenvalue weighted by atomic mass is 19.3. The van der Waals surface area contributed by atoms with Crippen LogP contribution in [0.25, 0.3) is 0 Å². The Bertz CT molecular complexity index is 384. The third kappa shape index (κ3) is 3.42. The third-order valence-corrected chi connectivity index (χ3v) is 3.60. The van der Waals surface area contributed by atoms with Crippen LogP contribution in [0.4, 0.5) is 8.78 Å². The zero-order valence-corrected chi connectivity index (χ0v) is 10.5. The lowest BCUT2D eigenvalue weighted by Crippen LogP contribution is -2.30. The highest BCUT2D eigenvalue weighted by Crippen LogP contribution is 2.26. The van der Waals surface area contributed by atoms with Gasteiger partial charge in [-0.2, -0.15) is 8.78 Å². The van der Waals surface area contributed by atoms with Crippen LogP contribution in [-0.2, 0) is 6.54 Å². The van der Waals surface area contributed by atoms with Crippen LogP contribution >= 0.6 is 0 Å². The molecular weight excluding hydrogens is 236 g/mol. The minimum absolute atomic E-state index is 0.269. The molecule has 2 unspecified atom stereocenters. The average Bonchev–Trinajstić information content (AvgIpc) is 2.73. The Labute approximate surface area is 106 Å². The molecule has 0 aliphatic heterocycles. The number of para-hydroxylation sites is 1. The molecule has 0 bridgehead atoms. The number of alkyl halides is 2. The van der Waals surface area contributed by atoms with Crippen LogP contribution in [0.1, 0.15) is 31.7 Å². The van der Waals surface area contributed by atoms with Crippen molar-refractivity contribution < 1.29 is 13.5 Å². The first-order chi connectivity index (χ1) is 8.66. The van der Waals surface area contributed by atoms with E-state index in [1.807, 2.05) is 12.1 Å². The van der Waals surface area contributed by atoms with Gasteiger partial charge >= 0.3 is 6.61 Å². The maximum absolute atomic E-state index is 12.3. The Morgan fingerprint density at radius 1 is 1.33 bits per heavy atom. The van der Waals surface area contributed by atoms with Crippen LogP contribution in [0, 0.1) is 5.92 Å². The van der Waals surface area contributed by atoms with Gasteiger partial charge in [0.15, 0.2) is 0 Å². The van der Waals surface area contributed by atoms with E-state index in [4.69, 9.17) is 0 Å². The summed E-state index contributed by atoms with van der Waals surface area (Å²) in [7, 11) is 0. The van der Waals surface area contributed by atoms with Crippen LogP contribution in [0.15, 0.2) is 24.3 Å². The summed E-state index contributed by atoms with van der Waals surface area (Å²) >= 11 is 0. The second kappa shape index (κ2) is 6.14. The minimum Gasteiger partial charge on any atom is -0.434 e. The van der Waals surface area contributed by atoms with E-state index >= 15 is 0 Å². The fourth-order valence-corrected chi connectivity index (χ4v) is 2.55. The van der Waals surface area contributed by atoms with Crippen molar-refractivity contribution in [2.24, 2.45) is 5.92 Å². The van der Waals surface area contributed by atoms with Crippen molar-refractivity contribution in [2.45, 2.75) is 45.4 Å². The summed E-state index contributed by atoms with van der Waals surface area (Å²) in [5.74, 6) is 0.929. The van der Waals surface area contributed by atoms with Gasteiger partial charge in [0.05, 0.1) is 0 Å². The molecule has 1 N–H and O–H groups in total. The summed E-state index contributed by atoms with van der Waals surface area (Å²) < 4.78 is 29.0. The molecule has 1 fully saturated rings. The van der Waals surface area contributed by atoms with Gasteiger partial charge in [0.1, 0.15) is 5.75 Å². The largest absolute Gasteiger partial charge is 0.434 e. The van der Waals surface area contributed by atoms with Crippen molar-refractivity contribution >= 4 is 0 Å². The fourth-order valence-electron chi connectivity index (χ4n) is 2.55. The Morgan fingerprint density at radius 3 is 2.78 bits per heavy atom. The predicted octanol–water partition coefficient (Wildman–Crippen LogP) is 3.57. The molecule has 100 valence electrons. The number of hydrogen-bond donors (Lipinski definition) is 1. The molecule has 1 saturated carbocycles. The molecule has 1 aliphatic carbocycles. The number of hydrogen-bond acceptors (Lipinski definition) is 2. The lowest BCUT2D eigenvalue weighted by atomic mass is 10.1. The van der Waals surface area contributed by atoms with Crippen molar-refractivity contribution in [3.8, 4) is 5.75 Å². The lowest BCUT2D eigenvalue weighted by molar-refractivity contribution is -0.0505. The smallest absolute Gasteiger partial charge is 0.387 e. The number of ether oxygens (including phenoxy) is 1. The Morgan fingerprint density at radius 2 is 2.11 bits per heavy atom. The molecule has 1 aliphatic rings. The summed E-state index contributed by atoms with van der Waals surface area (Å²) in [4.78, 5) is 0. The first kappa shape index (κ1) is 13.3. The molecule has 1 aromatic carbocycles. The number of nitrogens with one attached hydrogen (secondary N) is 1. The molecule has 0 amide bonds. The van der Waals surface area contributed by atoms with Gasteiger partial charge in [0, 0.05) is 18.2 Å². The third-order valence-electron chi connectivity index (χ3n) is 3.60. The predicted molar refractivity (Wildman–Crippen MR) is 66.7 cm³/mol. The summed E-state index contributed by atoms with van der Waals surface area (Å²) in [6, 6.07) is 7.45. The summed E-state index contributed by atoms with van der Waals surface area (Å²) in [6.07, 6.45) is 3.65. The minimum atomic E-state index is -2.77. The molecule has 4 heteroatoms. The Balaban J connectivity index is 1.95. The molecule has 0 radical (unpaired) electrons. The van der Waals surface area contributed by atoms with Gasteiger partial charge in [0.25, 0.3) is 0 Å². The average molecular weight is 255 g/mol. The van der Waals surface area contributed by atoms with E-state index in [1.54, 1.807) is 12.1 Å². The van der Waals surface area contributed by atoms with E-state index in [0.717, 1.165) is 5.56 Å². The van der Waals surface area contributed by atoms with Gasteiger partial charge in [-0.25, -0.2) is 0 Å². The normalized spacial score (nSPS) is 23.6. The monoisotopic (exact) mass is 255 g/mol. The van der Waals surface area contributed by atoms with E-state index in [2.05, 4.69) is 17.0 Å². The fraction of sp³-hybridized carbons (Fsp3) is 0.571. The van der Waals surface area contributed by atoms with E-state index in [0.29, 0.717) is 18.5 Å². The second-order valence-electron chi connectivity index (χ2n) is 4.88. The van der Waals surface area contributed by atoms with Gasteiger partial charge in [-0.15, -0.1) is 0 Å². The van der Waals surface area contributed by atoms with E-state index in [9.17, 15) is 8.78 Å². The van der Waals surface area contributed by atoms with Crippen LogP contribution in [-0.4, -0.2) is 12.7 Å². The number of benzene rings is 1. The van der Waals surface area contributed by atoms with Gasteiger partial charge in [-0.3, -0.25) is 0 Å². The molecule has 2 atom stereocenters. The Hall–Kier alpha value is -1.16. The quantitative estimate of drug-likeness (QED) is 0.868. The van der Waals surface area contributed by atoms with Crippen LogP contribution in [0.5, 0.6) is 5.75 Å². The van der Waals surface area contributed by atoms with Crippen LogP contribution in [0.2, 0.25) is 0 Å². The molecule has 0 aromatic heterocycles. The number of halogens is 2. The SMILES string of the molecule is CC1CCCC1NCc1ccccc1OC(F)F. The molecular formula is C14H19F2NO. The summed E-state index contributed by atoms with van der Waals surface area (Å²) in [5.41, 5.74) is 0.789. The van der Waals surface area contributed by atoms with Crippen molar-refractivity contribution in [2.75, 3.05) is 0 Å². The maximum Gasteiger partial charge on any atom is 0.387 e. The van der Waals surface area contributed by atoms with Gasteiger partial charge in [-0.1, -0.05) is 31.5 Å². The first-order valence-electron chi connectivity index (χ1n) is 6.43. The lowest BCUT2D eigenvalue weighted by Gasteiger charge is -2.18. The second-order valence-corrected chi connectivity index (χ2v) is 4.88. The zero-order chi connectivity index (χ0) is 13.0. The van der Waals surface area contributed by atoms with Crippen molar-refractivity contribution in [3.05, 3.63) is 29.8 Å². The van der Waals surface area contributed by atoms with E-state index in [-0.39, 0.29) is 5.75 Å². The van der Waals surface area contributed by atoms with Gasteiger partial charge < -0.3 is 10.1 Å². The van der Waals surface area contributed by atoms with E-state index < -0.39 is 6.61 Å². The topological polar surface area (TPSA) is 21.3 Å². The highest BCUT2D eigenvalue weighted by Gasteiger charge is 2.22. The standard InChI is InChI=1S/C14H19F2NO/c1-10-5-4-7-12(10)17-9-11-6-2-3-8-13(11)18-14(15)16/h2-3,6,8,10,12,14,17H,4-5,7,9H2,1H3. The van der Waals surface area contributed by atoms with Crippen molar-refractivity contribution in [1.29, 1.82) is 0 Å². The first-order valence-corrected chi connectivity index (χ1v) is 6.43. The van der Waals surface area contributed by atoms with Crippen molar-refractivity contribution in [3.63, 3.8) is 0 Å². The molecule has 1 aromatic rings. The molecule has 0 spiro atoms. The van der Waals surface area contributed by atoms with Crippen LogP contribution in [0.3, 0.4) is 0 Å². The molecule has 2 nitrogen and oxygen atoms in total. The van der Waals surface area contributed by atoms with Gasteiger partial charge in [-0.05, 0) is 24.8 Å². The number of rotatable bonds is 5. The Kier molecular flexibility index (Phi) is 4.53. The molecule has 18 heavy (non-hydrogen) atoms. The highest BCUT2D eigenvalue weighted by molar-refractivity contribution is 5.33. The molecule has 0 saturated heterocycles. The van der Waals surface area contributed by atoms with E-state index in [1.165, 1.54) is 19.3 Å². The maximum atomic E-state index is 12.3. The van der Waals surface area contributed by atoms with Crippen LogP contribution < -0.4 is 10.1 Å². The molecule has 0 heterocycles. The van der Waals surface area contributed by atoms with Gasteiger partial charge in [0.2, 0.25) is 0 Å².